The SMILES string of the molecule is CN(c1ccccc1)S(=O)(=O)c1cccc(N=CC=Cc2ccccc2[N+](=O)[O-])c1. The van der Waals surface area contributed by atoms with Gasteiger partial charge in [-0.3, -0.25) is 19.4 Å². The predicted octanol–water partition coefficient (Wildman–Crippen LogP) is 4.84. The van der Waals surface area contributed by atoms with Gasteiger partial charge in [0.05, 0.1) is 26.8 Å². The Morgan fingerprint density at radius 2 is 1.67 bits per heavy atom. The van der Waals surface area contributed by atoms with E-state index < -0.39 is 14.9 Å². The van der Waals surface area contributed by atoms with Crippen LogP contribution in [-0.2, 0) is 10.0 Å². The number of sulfonamides is 1. The number of nitro benzene ring substituents is 1. The number of hydrogen-bond acceptors (Lipinski definition) is 5. The lowest BCUT2D eigenvalue weighted by Gasteiger charge is -2.19. The third-order valence-electron chi connectivity index (χ3n) is 4.31. The summed E-state index contributed by atoms with van der Waals surface area (Å²) >= 11 is 0. The molecular weight excluding hydrogens is 402 g/mol. The largest absolute Gasteiger partial charge is 0.276 e. The first kappa shape index (κ1) is 20.9. The highest BCUT2D eigenvalue weighted by Crippen LogP contribution is 2.24. The molecule has 0 N–H and O–H groups in total. The molecule has 0 unspecified atom stereocenters. The van der Waals surface area contributed by atoms with Crippen molar-refractivity contribution in [3.8, 4) is 0 Å². The maximum absolute atomic E-state index is 12.9. The molecule has 0 aliphatic carbocycles. The van der Waals surface area contributed by atoms with Gasteiger partial charge in [0.2, 0.25) is 0 Å². The average Bonchev–Trinajstić information content (AvgIpc) is 2.77. The Balaban J connectivity index is 1.80. The topological polar surface area (TPSA) is 92.9 Å². The van der Waals surface area contributed by atoms with E-state index in [9.17, 15) is 18.5 Å². The molecule has 0 atom stereocenters. The van der Waals surface area contributed by atoms with E-state index >= 15 is 0 Å². The maximum Gasteiger partial charge on any atom is 0.276 e. The third-order valence-corrected chi connectivity index (χ3v) is 6.10. The first-order chi connectivity index (χ1) is 14.4. The smallest absolute Gasteiger partial charge is 0.269 e. The van der Waals surface area contributed by atoms with Crippen LogP contribution in [0.15, 0.2) is 94.8 Å². The Labute approximate surface area is 174 Å². The first-order valence-electron chi connectivity index (χ1n) is 8.98. The summed E-state index contributed by atoms with van der Waals surface area (Å²) in [6, 6.07) is 21.4. The van der Waals surface area contributed by atoms with Crippen LogP contribution in [0.3, 0.4) is 0 Å². The molecule has 0 heterocycles. The highest BCUT2D eigenvalue weighted by atomic mass is 32.2. The Kier molecular flexibility index (Phi) is 6.38. The minimum absolute atomic E-state index is 0.000750. The molecule has 3 rings (SSSR count). The molecule has 0 aromatic heterocycles. The number of benzene rings is 3. The molecule has 0 aliphatic rings. The van der Waals surface area contributed by atoms with Crippen molar-refractivity contribution in [2.24, 2.45) is 4.99 Å². The van der Waals surface area contributed by atoms with Gasteiger partial charge in [0.15, 0.2) is 0 Å². The van der Waals surface area contributed by atoms with Crippen molar-refractivity contribution in [2.45, 2.75) is 4.90 Å². The number of para-hydroxylation sites is 2. The van der Waals surface area contributed by atoms with E-state index in [1.807, 2.05) is 6.07 Å². The summed E-state index contributed by atoms with van der Waals surface area (Å²) in [5.41, 5.74) is 1.46. The lowest BCUT2D eigenvalue weighted by molar-refractivity contribution is -0.385. The second kappa shape index (κ2) is 9.15. The van der Waals surface area contributed by atoms with E-state index in [0.29, 0.717) is 16.9 Å². The maximum atomic E-state index is 12.9. The minimum atomic E-state index is -3.74. The summed E-state index contributed by atoms with van der Waals surface area (Å²) in [5, 5.41) is 11.0. The molecule has 0 radical (unpaired) electrons. The van der Waals surface area contributed by atoms with Crippen molar-refractivity contribution in [1.82, 2.24) is 0 Å². The quantitative estimate of drug-likeness (QED) is 0.310. The van der Waals surface area contributed by atoms with Crippen molar-refractivity contribution in [2.75, 3.05) is 11.4 Å². The molecule has 0 saturated heterocycles. The highest BCUT2D eigenvalue weighted by Gasteiger charge is 2.21. The Hall–Kier alpha value is -3.78. The van der Waals surface area contributed by atoms with E-state index in [1.165, 1.54) is 35.8 Å². The van der Waals surface area contributed by atoms with Crippen LogP contribution in [0.2, 0.25) is 0 Å². The fraction of sp³-hybridized carbons (Fsp3) is 0.0455. The van der Waals surface area contributed by atoms with Crippen LogP contribution in [-0.4, -0.2) is 26.6 Å². The molecular formula is C22H19N3O4S. The van der Waals surface area contributed by atoms with Gasteiger partial charge in [0.1, 0.15) is 0 Å². The number of nitro groups is 1. The van der Waals surface area contributed by atoms with Crippen LogP contribution in [0.1, 0.15) is 5.56 Å². The lowest BCUT2D eigenvalue weighted by Crippen LogP contribution is -2.26. The molecule has 0 spiro atoms. The molecule has 7 nitrogen and oxygen atoms in total. The van der Waals surface area contributed by atoms with Crippen LogP contribution in [0, 0.1) is 10.1 Å². The van der Waals surface area contributed by atoms with Crippen molar-refractivity contribution < 1.29 is 13.3 Å². The predicted molar refractivity (Wildman–Crippen MR) is 119 cm³/mol. The van der Waals surface area contributed by atoms with Crippen molar-refractivity contribution in [3.63, 3.8) is 0 Å². The first-order valence-corrected chi connectivity index (χ1v) is 10.4. The van der Waals surface area contributed by atoms with Crippen LogP contribution in [0.25, 0.3) is 6.08 Å². The molecule has 30 heavy (non-hydrogen) atoms. The standard InChI is InChI=1S/C22H19N3O4S/c1-24(20-12-3-2-4-13-20)30(28,29)21-14-7-11-19(17-21)23-16-8-10-18-9-5-6-15-22(18)25(26)27/h2-17H,1H3. The monoisotopic (exact) mass is 421 g/mol. The molecule has 0 amide bonds. The molecule has 0 bridgehead atoms. The highest BCUT2D eigenvalue weighted by molar-refractivity contribution is 7.92. The Bertz CT molecular complexity index is 1210. The Morgan fingerprint density at radius 1 is 0.967 bits per heavy atom. The van der Waals surface area contributed by atoms with Gasteiger partial charge in [0.25, 0.3) is 15.7 Å². The lowest BCUT2D eigenvalue weighted by atomic mass is 10.1. The van der Waals surface area contributed by atoms with Gasteiger partial charge in [-0.25, -0.2) is 8.42 Å². The van der Waals surface area contributed by atoms with Crippen LogP contribution in [0.4, 0.5) is 17.1 Å². The number of aliphatic imine (C=N–C) groups is 1. The number of nitrogens with zero attached hydrogens (tertiary/aromatic N) is 3. The van der Waals surface area contributed by atoms with Gasteiger partial charge in [-0.1, -0.05) is 36.4 Å². The van der Waals surface area contributed by atoms with Crippen LogP contribution < -0.4 is 4.31 Å². The average molecular weight is 421 g/mol. The molecule has 0 saturated carbocycles. The summed E-state index contributed by atoms with van der Waals surface area (Å²) in [4.78, 5) is 14.9. The van der Waals surface area contributed by atoms with Crippen molar-refractivity contribution in [3.05, 3.63) is 101 Å². The van der Waals surface area contributed by atoms with Crippen molar-refractivity contribution >= 4 is 39.4 Å². The van der Waals surface area contributed by atoms with E-state index in [4.69, 9.17) is 0 Å². The second-order valence-corrected chi connectivity index (χ2v) is 8.23. The second-order valence-electron chi connectivity index (χ2n) is 6.26. The van der Waals surface area contributed by atoms with Gasteiger partial charge >= 0.3 is 0 Å². The number of anilines is 1. The number of rotatable bonds is 7. The molecule has 3 aromatic carbocycles. The van der Waals surface area contributed by atoms with E-state index in [1.54, 1.807) is 66.7 Å². The van der Waals surface area contributed by atoms with E-state index in [0.717, 1.165) is 0 Å². The summed E-state index contributed by atoms with van der Waals surface area (Å²) in [5.74, 6) is 0. The number of hydrogen-bond donors (Lipinski definition) is 0. The number of allylic oxidation sites excluding steroid dienone is 1. The minimum Gasteiger partial charge on any atom is -0.269 e. The van der Waals surface area contributed by atoms with Gasteiger partial charge in [-0.15, -0.1) is 0 Å². The molecule has 3 aromatic rings. The van der Waals surface area contributed by atoms with E-state index in [2.05, 4.69) is 4.99 Å². The molecule has 0 fully saturated rings. The van der Waals surface area contributed by atoms with Gasteiger partial charge in [-0.05, 0) is 48.6 Å². The van der Waals surface area contributed by atoms with Crippen LogP contribution in [0.5, 0.6) is 0 Å². The zero-order valence-electron chi connectivity index (χ0n) is 16.1. The van der Waals surface area contributed by atoms with Gasteiger partial charge in [0, 0.05) is 19.3 Å². The molecule has 8 heteroatoms. The summed E-state index contributed by atoms with van der Waals surface area (Å²) < 4.78 is 27.0. The van der Waals surface area contributed by atoms with Gasteiger partial charge in [-0.2, -0.15) is 0 Å². The zero-order chi connectivity index (χ0) is 21.6. The molecule has 152 valence electrons. The summed E-state index contributed by atoms with van der Waals surface area (Å²) in [6.45, 7) is 0. The fourth-order valence-electron chi connectivity index (χ4n) is 2.73. The zero-order valence-corrected chi connectivity index (χ0v) is 16.9. The third kappa shape index (κ3) is 4.79. The Morgan fingerprint density at radius 3 is 2.40 bits per heavy atom. The normalized spacial score (nSPS) is 11.8. The fourth-order valence-corrected chi connectivity index (χ4v) is 3.97. The van der Waals surface area contributed by atoms with Crippen LogP contribution >= 0.6 is 0 Å². The summed E-state index contributed by atoms with van der Waals surface area (Å²) in [7, 11) is -2.24. The van der Waals surface area contributed by atoms with Crippen molar-refractivity contribution in [1.29, 1.82) is 0 Å². The summed E-state index contributed by atoms with van der Waals surface area (Å²) in [6.07, 6.45) is 4.61. The molecule has 0 aliphatic heterocycles. The van der Waals surface area contributed by atoms with Gasteiger partial charge < -0.3 is 0 Å². The van der Waals surface area contributed by atoms with E-state index in [-0.39, 0.29) is 10.6 Å².